The molecule has 1 aliphatic carbocycles. The van der Waals surface area contributed by atoms with Crippen LogP contribution in [0, 0.1) is 6.92 Å². The Balaban J connectivity index is 1.30. The van der Waals surface area contributed by atoms with Gasteiger partial charge in [-0.15, -0.1) is 0 Å². The normalized spacial score (nSPS) is 20.4. The van der Waals surface area contributed by atoms with E-state index in [2.05, 4.69) is 17.4 Å². The molecule has 0 bridgehead atoms. The van der Waals surface area contributed by atoms with Crippen molar-refractivity contribution in [1.29, 1.82) is 0 Å². The van der Waals surface area contributed by atoms with Gasteiger partial charge in [-0.1, -0.05) is 42.0 Å². The minimum absolute atomic E-state index is 0.00143. The Kier molecular flexibility index (Phi) is 5.72. The number of aryl methyl sites for hydroxylation is 2. The van der Waals surface area contributed by atoms with Crippen LogP contribution in [0.15, 0.2) is 53.4 Å². The summed E-state index contributed by atoms with van der Waals surface area (Å²) in [5.74, 6) is 0.00143. The molecule has 154 valence electrons. The van der Waals surface area contributed by atoms with Gasteiger partial charge < -0.3 is 5.32 Å². The van der Waals surface area contributed by atoms with E-state index in [0.717, 1.165) is 18.4 Å². The summed E-state index contributed by atoms with van der Waals surface area (Å²) in [4.78, 5) is 14.9. The second-order valence-corrected chi connectivity index (χ2v) is 9.79. The van der Waals surface area contributed by atoms with Crippen LogP contribution in [0.4, 0.5) is 0 Å². The van der Waals surface area contributed by atoms with Crippen molar-refractivity contribution in [2.75, 3.05) is 32.7 Å². The highest BCUT2D eigenvalue weighted by molar-refractivity contribution is 7.89. The molecule has 1 heterocycles. The molecule has 4 rings (SSSR count). The standard InChI is InChI=1S/C22H27N3O3S/c1-17-6-9-19(10-7-17)29(27,28)25-14-12-24(13-15-25)16-22(26)23-21-11-8-18-4-2-3-5-20(18)21/h2-7,9-10,21H,8,11-16H2,1H3,(H,23,26). The molecule has 0 spiro atoms. The molecule has 0 radical (unpaired) electrons. The molecule has 2 aromatic carbocycles. The summed E-state index contributed by atoms with van der Waals surface area (Å²) in [6.45, 7) is 4.15. The number of amides is 1. The molecule has 1 atom stereocenters. The number of rotatable bonds is 5. The van der Waals surface area contributed by atoms with Crippen molar-refractivity contribution in [2.24, 2.45) is 0 Å². The summed E-state index contributed by atoms with van der Waals surface area (Å²) in [6.07, 6.45) is 1.93. The number of hydrogen-bond donors (Lipinski definition) is 1. The van der Waals surface area contributed by atoms with E-state index in [1.165, 1.54) is 15.4 Å². The Morgan fingerprint density at radius 3 is 2.45 bits per heavy atom. The zero-order valence-electron chi connectivity index (χ0n) is 16.7. The van der Waals surface area contributed by atoms with E-state index in [1.54, 1.807) is 12.1 Å². The fourth-order valence-electron chi connectivity index (χ4n) is 4.14. The number of nitrogens with zero attached hydrogens (tertiary/aromatic N) is 2. The molecule has 1 saturated heterocycles. The number of piperazine rings is 1. The first-order chi connectivity index (χ1) is 13.9. The predicted molar refractivity (Wildman–Crippen MR) is 112 cm³/mol. The van der Waals surface area contributed by atoms with Crippen LogP contribution in [-0.2, 0) is 21.2 Å². The fourth-order valence-corrected chi connectivity index (χ4v) is 5.56. The lowest BCUT2D eigenvalue weighted by Crippen LogP contribution is -2.51. The van der Waals surface area contributed by atoms with Gasteiger partial charge in [-0.3, -0.25) is 9.69 Å². The van der Waals surface area contributed by atoms with E-state index >= 15 is 0 Å². The Morgan fingerprint density at radius 2 is 1.72 bits per heavy atom. The van der Waals surface area contributed by atoms with E-state index in [1.807, 2.05) is 36.1 Å². The summed E-state index contributed by atoms with van der Waals surface area (Å²) < 4.78 is 27.1. The SMILES string of the molecule is Cc1ccc(S(=O)(=O)N2CCN(CC(=O)NC3CCc4ccccc43)CC2)cc1. The topological polar surface area (TPSA) is 69.7 Å². The van der Waals surface area contributed by atoms with E-state index in [9.17, 15) is 13.2 Å². The zero-order chi connectivity index (χ0) is 20.4. The third kappa shape index (κ3) is 4.37. The highest BCUT2D eigenvalue weighted by Crippen LogP contribution is 2.30. The molecule has 0 aromatic heterocycles. The number of sulfonamides is 1. The number of benzene rings is 2. The van der Waals surface area contributed by atoms with Gasteiger partial charge in [0.2, 0.25) is 15.9 Å². The molecule has 29 heavy (non-hydrogen) atoms. The first-order valence-corrected chi connectivity index (χ1v) is 11.5. The van der Waals surface area contributed by atoms with E-state index in [0.29, 0.717) is 37.6 Å². The summed E-state index contributed by atoms with van der Waals surface area (Å²) in [5, 5.41) is 3.14. The number of nitrogens with one attached hydrogen (secondary N) is 1. The van der Waals surface area contributed by atoms with Gasteiger partial charge in [0.15, 0.2) is 0 Å². The first kappa shape index (κ1) is 20.1. The largest absolute Gasteiger partial charge is 0.348 e. The number of carbonyl (C=O) groups excluding carboxylic acids is 1. The fraction of sp³-hybridized carbons (Fsp3) is 0.409. The van der Waals surface area contributed by atoms with Gasteiger partial charge in [0.05, 0.1) is 17.5 Å². The third-order valence-corrected chi connectivity index (χ3v) is 7.74. The van der Waals surface area contributed by atoms with Crippen molar-refractivity contribution in [1.82, 2.24) is 14.5 Å². The Labute approximate surface area is 172 Å². The Morgan fingerprint density at radius 1 is 1.03 bits per heavy atom. The summed E-state index contributed by atoms with van der Waals surface area (Å²) >= 11 is 0. The molecule has 6 nitrogen and oxygen atoms in total. The molecule has 2 aromatic rings. The van der Waals surface area contributed by atoms with E-state index < -0.39 is 10.0 Å². The number of carbonyl (C=O) groups is 1. The lowest BCUT2D eigenvalue weighted by molar-refractivity contribution is -0.123. The van der Waals surface area contributed by atoms with Crippen LogP contribution in [-0.4, -0.2) is 56.3 Å². The second kappa shape index (κ2) is 8.26. The maximum Gasteiger partial charge on any atom is 0.243 e. The molecular weight excluding hydrogens is 386 g/mol. The quantitative estimate of drug-likeness (QED) is 0.815. The van der Waals surface area contributed by atoms with E-state index in [4.69, 9.17) is 0 Å². The molecule has 1 fully saturated rings. The average molecular weight is 414 g/mol. The minimum Gasteiger partial charge on any atom is -0.348 e. The van der Waals surface area contributed by atoms with Crippen molar-refractivity contribution in [3.05, 3.63) is 65.2 Å². The molecule has 1 unspecified atom stereocenters. The summed E-state index contributed by atoms with van der Waals surface area (Å²) in [6, 6.07) is 15.3. The van der Waals surface area contributed by atoms with Crippen LogP contribution < -0.4 is 5.32 Å². The molecule has 1 amide bonds. The van der Waals surface area contributed by atoms with Gasteiger partial charge in [-0.2, -0.15) is 4.31 Å². The highest BCUT2D eigenvalue weighted by Gasteiger charge is 2.30. The Bertz CT molecular complexity index is 981. The van der Waals surface area contributed by atoms with Gasteiger partial charge in [0.1, 0.15) is 0 Å². The van der Waals surface area contributed by atoms with Crippen LogP contribution in [0.5, 0.6) is 0 Å². The van der Waals surface area contributed by atoms with Crippen LogP contribution >= 0.6 is 0 Å². The van der Waals surface area contributed by atoms with Crippen molar-refractivity contribution in [3.8, 4) is 0 Å². The van der Waals surface area contributed by atoms with Crippen LogP contribution in [0.2, 0.25) is 0 Å². The van der Waals surface area contributed by atoms with E-state index in [-0.39, 0.29) is 11.9 Å². The van der Waals surface area contributed by atoms with Gasteiger partial charge in [0.25, 0.3) is 0 Å². The number of fused-ring (bicyclic) bond motifs is 1. The molecule has 0 saturated carbocycles. The average Bonchev–Trinajstić information content (AvgIpc) is 3.11. The molecule has 1 N–H and O–H groups in total. The number of hydrogen-bond acceptors (Lipinski definition) is 4. The molecule has 7 heteroatoms. The minimum atomic E-state index is -3.48. The first-order valence-electron chi connectivity index (χ1n) is 10.1. The van der Waals surface area contributed by atoms with Gasteiger partial charge >= 0.3 is 0 Å². The molecular formula is C22H27N3O3S. The van der Waals surface area contributed by atoms with Crippen LogP contribution in [0.3, 0.4) is 0 Å². The molecule has 2 aliphatic rings. The zero-order valence-corrected chi connectivity index (χ0v) is 17.5. The monoisotopic (exact) mass is 413 g/mol. The van der Waals surface area contributed by atoms with Gasteiger partial charge in [0, 0.05) is 26.2 Å². The lowest BCUT2D eigenvalue weighted by atomic mass is 10.1. The maximum absolute atomic E-state index is 12.8. The van der Waals surface area contributed by atoms with Crippen molar-refractivity contribution in [3.63, 3.8) is 0 Å². The van der Waals surface area contributed by atoms with Crippen molar-refractivity contribution in [2.45, 2.75) is 30.7 Å². The van der Waals surface area contributed by atoms with Crippen LogP contribution in [0.25, 0.3) is 0 Å². The highest BCUT2D eigenvalue weighted by atomic mass is 32.2. The van der Waals surface area contributed by atoms with Crippen LogP contribution in [0.1, 0.15) is 29.2 Å². The van der Waals surface area contributed by atoms with Gasteiger partial charge in [-0.05, 0) is 43.0 Å². The second-order valence-electron chi connectivity index (χ2n) is 7.85. The maximum atomic E-state index is 12.8. The smallest absolute Gasteiger partial charge is 0.243 e. The van der Waals surface area contributed by atoms with Gasteiger partial charge in [-0.25, -0.2) is 8.42 Å². The summed E-state index contributed by atoms with van der Waals surface area (Å²) in [5.41, 5.74) is 3.56. The third-order valence-electron chi connectivity index (χ3n) is 5.83. The molecule has 1 aliphatic heterocycles. The van der Waals surface area contributed by atoms with Crippen molar-refractivity contribution < 1.29 is 13.2 Å². The predicted octanol–water partition coefficient (Wildman–Crippen LogP) is 2.11. The Hall–Kier alpha value is -2.22. The van der Waals surface area contributed by atoms with Crippen molar-refractivity contribution >= 4 is 15.9 Å². The lowest BCUT2D eigenvalue weighted by Gasteiger charge is -2.33. The summed E-state index contributed by atoms with van der Waals surface area (Å²) in [7, 11) is -3.48.